The lowest BCUT2D eigenvalue weighted by molar-refractivity contribution is -0.131. The van der Waals surface area contributed by atoms with Crippen LogP contribution < -0.4 is 10.6 Å². The van der Waals surface area contributed by atoms with Crippen LogP contribution in [-0.2, 0) is 14.3 Å². The van der Waals surface area contributed by atoms with Gasteiger partial charge in [-0.15, -0.1) is 0 Å². The minimum absolute atomic E-state index is 0.00259. The van der Waals surface area contributed by atoms with Gasteiger partial charge in [0, 0.05) is 37.5 Å². The van der Waals surface area contributed by atoms with Gasteiger partial charge in [-0.05, 0) is 57.8 Å². The summed E-state index contributed by atoms with van der Waals surface area (Å²) < 4.78 is 5.03. The Morgan fingerprint density at radius 3 is 2.07 bits per heavy atom. The smallest absolute Gasteiger partial charge is 0.409 e. The fraction of sp³-hybridized carbons (Fsp3) is 0.857. The van der Waals surface area contributed by atoms with Crippen molar-refractivity contribution in [3.8, 4) is 0 Å². The van der Waals surface area contributed by atoms with Crippen molar-refractivity contribution in [1.82, 2.24) is 15.5 Å². The highest BCUT2D eigenvalue weighted by molar-refractivity contribution is 5.81. The van der Waals surface area contributed by atoms with E-state index in [1.165, 1.54) is 0 Å². The molecule has 7 nitrogen and oxygen atoms in total. The van der Waals surface area contributed by atoms with E-state index in [-0.39, 0.29) is 35.8 Å². The fourth-order valence-corrected chi connectivity index (χ4v) is 3.99. The molecular formula is C21H37N3O4. The Morgan fingerprint density at radius 1 is 0.964 bits per heavy atom. The van der Waals surface area contributed by atoms with Crippen molar-refractivity contribution < 1.29 is 19.1 Å². The molecule has 0 spiro atoms. The van der Waals surface area contributed by atoms with Crippen LogP contribution in [0.5, 0.6) is 0 Å². The number of hydrogen-bond donors (Lipinski definition) is 2. The predicted octanol–water partition coefficient (Wildman–Crippen LogP) is 2.69. The lowest BCUT2D eigenvalue weighted by Crippen LogP contribution is -2.48. The summed E-state index contributed by atoms with van der Waals surface area (Å²) >= 11 is 0. The topological polar surface area (TPSA) is 87.7 Å². The van der Waals surface area contributed by atoms with E-state index in [2.05, 4.69) is 24.5 Å². The first-order chi connectivity index (χ1) is 13.4. The molecule has 1 aliphatic heterocycles. The number of piperidine rings is 1. The number of likely N-dealkylation sites (tertiary alicyclic amines) is 1. The lowest BCUT2D eigenvalue weighted by Gasteiger charge is -2.33. The standard InChI is InChI=1S/C21H37N3O4/c1-4-28-21(27)24-13-10-18(11-14-24)23-20(26)17-7-5-16(6-8-17)19(25)22-12-9-15(2)3/h15-18H,4-14H2,1-3H3,(H,22,25)(H,23,26). The Morgan fingerprint density at radius 2 is 1.54 bits per heavy atom. The molecule has 2 fully saturated rings. The van der Waals surface area contributed by atoms with E-state index in [9.17, 15) is 14.4 Å². The number of carbonyl (C=O) groups is 3. The molecule has 160 valence electrons. The average molecular weight is 396 g/mol. The minimum atomic E-state index is -0.266. The largest absolute Gasteiger partial charge is 0.450 e. The summed E-state index contributed by atoms with van der Waals surface area (Å²) in [5, 5.41) is 6.19. The maximum Gasteiger partial charge on any atom is 0.409 e. The van der Waals surface area contributed by atoms with Crippen LogP contribution in [0.4, 0.5) is 4.79 Å². The molecule has 2 aliphatic rings. The SMILES string of the molecule is CCOC(=O)N1CCC(NC(=O)C2CCC(C(=O)NCCC(C)C)CC2)CC1. The number of nitrogens with zero attached hydrogens (tertiary/aromatic N) is 1. The summed E-state index contributed by atoms with van der Waals surface area (Å²) in [7, 11) is 0. The molecule has 28 heavy (non-hydrogen) atoms. The van der Waals surface area contributed by atoms with E-state index < -0.39 is 0 Å². The highest BCUT2D eigenvalue weighted by Crippen LogP contribution is 2.29. The average Bonchev–Trinajstić information content (AvgIpc) is 2.68. The maximum absolute atomic E-state index is 12.6. The monoisotopic (exact) mass is 395 g/mol. The van der Waals surface area contributed by atoms with Crippen molar-refractivity contribution in [2.24, 2.45) is 17.8 Å². The van der Waals surface area contributed by atoms with Crippen molar-refractivity contribution in [3.05, 3.63) is 0 Å². The summed E-state index contributed by atoms with van der Waals surface area (Å²) in [4.78, 5) is 38.3. The molecule has 0 bridgehead atoms. The van der Waals surface area contributed by atoms with E-state index >= 15 is 0 Å². The predicted molar refractivity (Wildman–Crippen MR) is 108 cm³/mol. The highest BCUT2D eigenvalue weighted by Gasteiger charge is 2.31. The van der Waals surface area contributed by atoms with Gasteiger partial charge in [0.15, 0.2) is 0 Å². The number of carbonyl (C=O) groups excluding carboxylic acids is 3. The molecule has 0 aromatic carbocycles. The molecular weight excluding hydrogens is 358 g/mol. The van der Waals surface area contributed by atoms with Crippen molar-refractivity contribution in [2.45, 2.75) is 71.8 Å². The van der Waals surface area contributed by atoms with Gasteiger partial charge < -0.3 is 20.3 Å². The normalized spacial score (nSPS) is 23.4. The summed E-state index contributed by atoms with van der Waals surface area (Å²) in [5.41, 5.74) is 0. The second-order valence-corrected chi connectivity index (χ2v) is 8.49. The molecule has 0 aromatic heterocycles. The van der Waals surface area contributed by atoms with Crippen LogP contribution in [-0.4, -0.2) is 55.1 Å². The van der Waals surface area contributed by atoms with Gasteiger partial charge in [-0.25, -0.2) is 4.79 Å². The van der Waals surface area contributed by atoms with Crippen molar-refractivity contribution in [1.29, 1.82) is 0 Å². The first-order valence-corrected chi connectivity index (χ1v) is 10.9. The Kier molecular flexibility index (Phi) is 9.06. The molecule has 0 radical (unpaired) electrons. The number of hydrogen-bond acceptors (Lipinski definition) is 4. The van der Waals surface area contributed by atoms with E-state index in [0.29, 0.717) is 25.6 Å². The van der Waals surface area contributed by atoms with Gasteiger partial charge in [-0.2, -0.15) is 0 Å². The second-order valence-electron chi connectivity index (χ2n) is 8.49. The summed E-state index contributed by atoms with van der Waals surface area (Å²) in [5.74, 6) is 0.884. The molecule has 0 unspecified atom stereocenters. The van der Waals surface area contributed by atoms with Crippen LogP contribution in [0, 0.1) is 17.8 Å². The second kappa shape index (κ2) is 11.3. The molecule has 1 heterocycles. The third-order valence-corrected chi connectivity index (χ3v) is 5.86. The Balaban J connectivity index is 1.66. The van der Waals surface area contributed by atoms with Gasteiger partial charge in [-0.1, -0.05) is 13.8 Å². The van der Waals surface area contributed by atoms with Gasteiger partial charge in [-0.3, -0.25) is 9.59 Å². The number of rotatable bonds is 7. The Bertz CT molecular complexity index is 522. The van der Waals surface area contributed by atoms with Gasteiger partial charge in [0.2, 0.25) is 11.8 Å². The fourth-order valence-electron chi connectivity index (χ4n) is 3.99. The molecule has 2 rings (SSSR count). The van der Waals surface area contributed by atoms with Gasteiger partial charge >= 0.3 is 6.09 Å². The van der Waals surface area contributed by atoms with Gasteiger partial charge in [0.25, 0.3) is 0 Å². The molecule has 1 aliphatic carbocycles. The Labute approximate surface area is 168 Å². The van der Waals surface area contributed by atoms with Crippen LogP contribution in [0.1, 0.15) is 65.7 Å². The summed E-state index contributed by atoms with van der Waals surface area (Å²) in [6, 6.07) is 0.121. The van der Waals surface area contributed by atoms with Crippen molar-refractivity contribution in [3.63, 3.8) is 0 Å². The van der Waals surface area contributed by atoms with E-state index in [1.54, 1.807) is 11.8 Å². The lowest BCUT2D eigenvalue weighted by atomic mass is 9.81. The van der Waals surface area contributed by atoms with Crippen molar-refractivity contribution in [2.75, 3.05) is 26.2 Å². The minimum Gasteiger partial charge on any atom is -0.450 e. The quantitative estimate of drug-likeness (QED) is 0.694. The summed E-state index contributed by atoms with van der Waals surface area (Å²) in [6.07, 6.45) is 5.37. The van der Waals surface area contributed by atoms with Crippen LogP contribution in [0.25, 0.3) is 0 Å². The first kappa shape index (κ1) is 22.5. The molecule has 1 saturated carbocycles. The van der Waals surface area contributed by atoms with Gasteiger partial charge in [0.05, 0.1) is 6.61 Å². The Hall–Kier alpha value is -1.79. The van der Waals surface area contributed by atoms with Crippen LogP contribution in [0.2, 0.25) is 0 Å². The van der Waals surface area contributed by atoms with E-state index in [4.69, 9.17) is 4.74 Å². The molecule has 0 aromatic rings. The number of amides is 3. The molecule has 2 N–H and O–H groups in total. The maximum atomic E-state index is 12.6. The van der Waals surface area contributed by atoms with Crippen LogP contribution in [0.3, 0.4) is 0 Å². The zero-order valence-corrected chi connectivity index (χ0v) is 17.7. The highest BCUT2D eigenvalue weighted by atomic mass is 16.6. The van der Waals surface area contributed by atoms with Crippen LogP contribution >= 0.6 is 0 Å². The number of nitrogens with one attached hydrogen (secondary N) is 2. The van der Waals surface area contributed by atoms with Crippen LogP contribution in [0.15, 0.2) is 0 Å². The van der Waals surface area contributed by atoms with E-state index in [0.717, 1.165) is 51.5 Å². The molecule has 1 saturated heterocycles. The van der Waals surface area contributed by atoms with E-state index in [1.807, 2.05) is 0 Å². The zero-order valence-electron chi connectivity index (χ0n) is 17.7. The van der Waals surface area contributed by atoms with Gasteiger partial charge in [0.1, 0.15) is 0 Å². The summed E-state index contributed by atoms with van der Waals surface area (Å²) in [6.45, 7) is 8.46. The first-order valence-electron chi connectivity index (χ1n) is 10.9. The molecule has 7 heteroatoms. The van der Waals surface area contributed by atoms with Crippen molar-refractivity contribution >= 4 is 17.9 Å². The molecule has 0 atom stereocenters. The zero-order chi connectivity index (χ0) is 20.5. The third kappa shape index (κ3) is 6.99. The number of ether oxygens (including phenoxy) is 1. The molecule has 3 amide bonds. The third-order valence-electron chi connectivity index (χ3n) is 5.86.